The van der Waals surface area contributed by atoms with E-state index in [0.29, 0.717) is 0 Å². The summed E-state index contributed by atoms with van der Waals surface area (Å²) in [7, 11) is 0. The van der Waals surface area contributed by atoms with E-state index < -0.39 is 0 Å². The van der Waals surface area contributed by atoms with Crippen LogP contribution in [0, 0.1) is 6.92 Å². The molecule has 0 saturated heterocycles. The number of hydrogen-bond donors (Lipinski definition) is 1. The van der Waals surface area contributed by atoms with Crippen LogP contribution < -0.4 is 5.73 Å². The predicted molar refractivity (Wildman–Crippen MR) is 76.6 cm³/mol. The van der Waals surface area contributed by atoms with Gasteiger partial charge in [0.1, 0.15) is 11.3 Å². The predicted octanol–water partition coefficient (Wildman–Crippen LogP) is 4.71. The van der Waals surface area contributed by atoms with Crippen molar-refractivity contribution in [2.75, 3.05) is 0 Å². The number of fused-ring (bicyclic) bond motifs is 1. The fourth-order valence-electron chi connectivity index (χ4n) is 2.30. The van der Waals surface area contributed by atoms with Gasteiger partial charge in [-0.3, -0.25) is 0 Å². The molecular formula is C16H23NO. The van der Waals surface area contributed by atoms with E-state index in [2.05, 4.69) is 32.0 Å². The third kappa shape index (κ3) is 3.14. The molecule has 0 fully saturated rings. The minimum Gasteiger partial charge on any atom is -0.459 e. The molecule has 0 saturated carbocycles. The molecule has 0 amide bonds. The van der Waals surface area contributed by atoms with Crippen LogP contribution in [0.15, 0.2) is 28.7 Å². The summed E-state index contributed by atoms with van der Waals surface area (Å²) in [6.07, 6.45) is 6.03. The molecule has 2 heteroatoms. The van der Waals surface area contributed by atoms with E-state index in [4.69, 9.17) is 10.2 Å². The zero-order valence-electron chi connectivity index (χ0n) is 11.4. The molecule has 1 unspecified atom stereocenters. The van der Waals surface area contributed by atoms with Gasteiger partial charge in [-0.25, -0.2) is 0 Å². The topological polar surface area (TPSA) is 39.2 Å². The smallest absolute Gasteiger partial charge is 0.134 e. The number of furan rings is 1. The van der Waals surface area contributed by atoms with Gasteiger partial charge in [-0.15, -0.1) is 0 Å². The van der Waals surface area contributed by atoms with Crippen molar-refractivity contribution < 1.29 is 4.42 Å². The van der Waals surface area contributed by atoms with Gasteiger partial charge in [0, 0.05) is 5.39 Å². The molecule has 1 heterocycles. The van der Waals surface area contributed by atoms with Gasteiger partial charge in [0.2, 0.25) is 0 Å². The van der Waals surface area contributed by atoms with Crippen LogP contribution >= 0.6 is 0 Å². The Kier molecular flexibility index (Phi) is 4.43. The Morgan fingerprint density at radius 3 is 2.78 bits per heavy atom. The second-order valence-corrected chi connectivity index (χ2v) is 5.15. The minimum absolute atomic E-state index is 0.0366. The maximum atomic E-state index is 6.19. The van der Waals surface area contributed by atoms with E-state index in [1.165, 1.54) is 31.2 Å². The lowest BCUT2D eigenvalue weighted by atomic mass is 10.1. The summed E-state index contributed by atoms with van der Waals surface area (Å²) in [5.74, 6) is 0.923. The quantitative estimate of drug-likeness (QED) is 0.748. The van der Waals surface area contributed by atoms with Crippen LogP contribution in [-0.4, -0.2) is 0 Å². The van der Waals surface area contributed by atoms with Crippen LogP contribution in [0.4, 0.5) is 0 Å². The zero-order valence-corrected chi connectivity index (χ0v) is 11.4. The molecule has 18 heavy (non-hydrogen) atoms. The van der Waals surface area contributed by atoms with Crippen molar-refractivity contribution in [1.82, 2.24) is 0 Å². The third-order valence-electron chi connectivity index (χ3n) is 3.42. The van der Waals surface area contributed by atoms with Crippen LogP contribution in [0.25, 0.3) is 11.0 Å². The van der Waals surface area contributed by atoms with Gasteiger partial charge in [0.25, 0.3) is 0 Å². The highest BCUT2D eigenvalue weighted by Gasteiger charge is 2.11. The van der Waals surface area contributed by atoms with Crippen LogP contribution in [0.3, 0.4) is 0 Å². The first kappa shape index (κ1) is 13.2. The maximum Gasteiger partial charge on any atom is 0.134 e. The number of rotatable bonds is 6. The van der Waals surface area contributed by atoms with Crippen molar-refractivity contribution in [3.05, 3.63) is 35.6 Å². The molecule has 2 rings (SSSR count). The van der Waals surface area contributed by atoms with E-state index in [0.717, 1.165) is 23.2 Å². The van der Waals surface area contributed by atoms with Crippen LogP contribution in [0.2, 0.25) is 0 Å². The number of aryl methyl sites for hydroxylation is 1. The fraction of sp³-hybridized carbons (Fsp3) is 0.500. The normalized spacial score (nSPS) is 13.1. The second kappa shape index (κ2) is 6.05. The molecular weight excluding hydrogens is 222 g/mol. The van der Waals surface area contributed by atoms with Crippen molar-refractivity contribution in [2.24, 2.45) is 5.73 Å². The van der Waals surface area contributed by atoms with E-state index in [1.807, 2.05) is 6.07 Å². The van der Waals surface area contributed by atoms with E-state index in [1.54, 1.807) is 0 Å². The molecule has 0 radical (unpaired) electrons. The van der Waals surface area contributed by atoms with Crippen molar-refractivity contribution in [1.29, 1.82) is 0 Å². The molecule has 2 aromatic rings. The number of hydrogen-bond acceptors (Lipinski definition) is 2. The van der Waals surface area contributed by atoms with Gasteiger partial charge in [-0.05, 0) is 31.5 Å². The molecule has 2 N–H and O–H groups in total. The summed E-state index contributed by atoms with van der Waals surface area (Å²) in [5.41, 5.74) is 8.39. The van der Waals surface area contributed by atoms with Crippen molar-refractivity contribution in [3.8, 4) is 0 Å². The highest BCUT2D eigenvalue weighted by molar-refractivity contribution is 5.78. The summed E-state index contributed by atoms with van der Waals surface area (Å²) in [5, 5.41) is 1.16. The van der Waals surface area contributed by atoms with E-state index >= 15 is 0 Å². The Balaban J connectivity index is 2.01. The Hall–Kier alpha value is -1.28. The summed E-state index contributed by atoms with van der Waals surface area (Å²) in [6, 6.07) is 8.37. The number of nitrogens with two attached hydrogens (primary N) is 1. The molecule has 1 aromatic heterocycles. The number of unbranched alkanes of at least 4 members (excludes halogenated alkanes) is 3. The van der Waals surface area contributed by atoms with Crippen LogP contribution in [-0.2, 0) is 0 Å². The first-order valence-electron chi connectivity index (χ1n) is 6.96. The molecule has 0 bridgehead atoms. The summed E-state index contributed by atoms with van der Waals surface area (Å²) in [6.45, 7) is 4.32. The Labute approximate surface area is 109 Å². The molecule has 1 atom stereocenters. The van der Waals surface area contributed by atoms with Crippen LogP contribution in [0.1, 0.15) is 56.4 Å². The lowest BCUT2D eigenvalue weighted by Gasteiger charge is -2.07. The highest BCUT2D eigenvalue weighted by Crippen LogP contribution is 2.26. The van der Waals surface area contributed by atoms with Gasteiger partial charge in [-0.1, -0.05) is 44.2 Å². The van der Waals surface area contributed by atoms with Crippen LogP contribution in [0.5, 0.6) is 0 Å². The average molecular weight is 245 g/mol. The standard InChI is InChI=1S/C16H23NO/c1-3-4-5-6-7-14(17)16-11-13-10-12(2)8-9-15(13)18-16/h8-11,14H,3-7,17H2,1-2H3. The lowest BCUT2D eigenvalue weighted by molar-refractivity contribution is 0.461. The van der Waals surface area contributed by atoms with E-state index in [9.17, 15) is 0 Å². The SMILES string of the molecule is CCCCCCC(N)c1cc2cc(C)ccc2o1. The summed E-state index contributed by atoms with van der Waals surface area (Å²) in [4.78, 5) is 0. The van der Waals surface area contributed by atoms with Crippen molar-refractivity contribution in [3.63, 3.8) is 0 Å². The second-order valence-electron chi connectivity index (χ2n) is 5.15. The largest absolute Gasteiger partial charge is 0.459 e. The Morgan fingerprint density at radius 2 is 2.00 bits per heavy atom. The molecule has 1 aromatic carbocycles. The third-order valence-corrected chi connectivity index (χ3v) is 3.42. The molecule has 0 aliphatic rings. The van der Waals surface area contributed by atoms with Crippen molar-refractivity contribution >= 4 is 11.0 Å². The maximum absolute atomic E-state index is 6.19. The highest BCUT2D eigenvalue weighted by atomic mass is 16.3. The van der Waals surface area contributed by atoms with Gasteiger partial charge < -0.3 is 10.2 Å². The van der Waals surface area contributed by atoms with Gasteiger partial charge in [0.05, 0.1) is 6.04 Å². The fourth-order valence-corrected chi connectivity index (χ4v) is 2.30. The van der Waals surface area contributed by atoms with Gasteiger partial charge >= 0.3 is 0 Å². The average Bonchev–Trinajstić information content (AvgIpc) is 2.77. The van der Waals surface area contributed by atoms with Gasteiger partial charge in [0.15, 0.2) is 0 Å². The monoisotopic (exact) mass is 245 g/mol. The molecule has 0 aliphatic carbocycles. The summed E-state index contributed by atoms with van der Waals surface area (Å²) < 4.78 is 5.82. The van der Waals surface area contributed by atoms with Crippen molar-refractivity contribution in [2.45, 2.75) is 52.0 Å². The molecule has 0 aliphatic heterocycles. The first-order valence-corrected chi connectivity index (χ1v) is 6.96. The number of benzene rings is 1. The first-order chi connectivity index (χ1) is 8.70. The Bertz CT molecular complexity index is 501. The molecule has 2 nitrogen and oxygen atoms in total. The summed E-state index contributed by atoms with van der Waals surface area (Å²) >= 11 is 0. The minimum atomic E-state index is 0.0366. The molecule has 0 spiro atoms. The zero-order chi connectivity index (χ0) is 13.0. The lowest BCUT2D eigenvalue weighted by Crippen LogP contribution is -2.08. The van der Waals surface area contributed by atoms with Gasteiger partial charge in [-0.2, -0.15) is 0 Å². The van der Waals surface area contributed by atoms with E-state index in [-0.39, 0.29) is 6.04 Å². The molecule has 98 valence electrons. The Morgan fingerprint density at radius 1 is 1.17 bits per heavy atom.